The smallest absolute Gasteiger partial charge is 0.233 e. The number of nitrogens with zero attached hydrogens (tertiary/aromatic N) is 1. The molecule has 1 saturated carbocycles. The van der Waals surface area contributed by atoms with Crippen LogP contribution in [0.5, 0.6) is 0 Å². The van der Waals surface area contributed by atoms with Gasteiger partial charge in [0.1, 0.15) is 0 Å². The molecule has 0 spiro atoms. The van der Waals surface area contributed by atoms with Crippen molar-refractivity contribution in [3.8, 4) is 0 Å². The zero-order chi connectivity index (χ0) is 11.8. The lowest BCUT2D eigenvalue weighted by Crippen LogP contribution is -2.38. The molecule has 2 saturated heterocycles. The molecule has 17 heavy (non-hydrogen) atoms. The number of ether oxygens (including phenoxy) is 1. The largest absolute Gasteiger partial charge is 0.376 e. The number of carbonyl (C=O) groups is 2. The molecule has 0 aromatic carbocycles. The van der Waals surface area contributed by atoms with Gasteiger partial charge in [0.15, 0.2) is 0 Å². The summed E-state index contributed by atoms with van der Waals surface area (Å²) in [6.07, 6.45) is 3.11. The van der Waals surface area contributed by atoms with Gasteiger partial charge >= 0.3 is 0 Å². The predicted molar refractivity (Wildman–Crippen MR) is 60.2 cm³/mol. The second-order valence-electron chi connectivity index (χ2n) is 5.10. The first-order valence-corrected chi connectivity index (χ1v) is 6.45. The zero-order valence-corrected chi connectivity index (χ0v) is 9.85. The van der Waals surface area contributed by atoms with Gasteiger partial charge < -0.3 is 10.1 Å². The molecule has 5 heteroatoms. The van der Waals surface area contributed by atoms with Crippen LogP contribution in [0.25, 0.3) is 0 Å². The van der Waals surface area contributed by atoms with E-state index in [1.807, 2.05) is 0 Å². The van der Waals surface area contributed by atoms with Gasteiger partial charge in [-0.3, -0.25) is 14.5 Å². The Balaban J connectivity index is 1.42. The maximum Gasteiger partial charge on any atom is 0.233 e. The summed E-state index contributed by atoms with van der Waals surface area (Å²) in [7, 11) is 0. The minimum absolute atomic E-state index is 0.0152. The third-order valence-electron chi connectivity index (χ3n) is 3.91. The maximum absolute atomic E-state index is 11.7. The van der Waals surface area contributed by atoms with E-state index in [9.17, 15) is 9.59 Å². The molecule has 2 atom stereocenters. The number of piperidine rings is 2. The molecule has 2 heterocycles. The first-order chi connectivity index (χ1) is 8.27. The van der Waals surface area contributed by atoms with E-state index in [-0.39, 0.29) is 23.7 Å². The maximum atomic E-state index is 11.7. The van der Waals surface area contributed by atoms with Crippen LogP contribution in [-0.2, 0) is 14.3 Å². The van der Waals surface area contributed by atoms with Crippen molar-refractivity contribution >= 4 is 11.8 Å². The third-order valence-corrected chi connectivity index (χ3v) is 3.91. The quantitative estimate of drug-likeness (QED) is 0.687. The third kappa shape index (κ3) is 2.09. The lowest BCUT2D eigenvalue weighted by molar-refractivity contribution is -0.142. The summed E-state index contributed by atoms with van der Waals surface area (Å²) in [5, 5.41) is 3.27. The number of fused-ring (bicyclic) bond motifs is 1. The van der Waals surface area contributed by atoms with Crippen LogP contribution in [-0.4, -0.2) is 49.1 Å². The van der Waals surface area contributed by atoms with Crippen molar-refractivity contribution in [2.24, 2.45) is 11.8 Å². The van der Waals surface area contributed by atoms with Crippen LogP contribution in [0, 0.1) is 11.8 Å². The van der Waals surface area contributed by atoms with Gasteiger partial charge in [-0.15, -0.1) is 0 Å². The molecule has 94 valence electrons. The summed E-state index contributed by atoms with van der Waals surface area (Å²) in [5.74, 6) is 0.0746. The monoisotopic (exact) mass is 238 g/mol. The minimum atomic E-state index is 0.0152. The highest BCUT2D eigenvalue weighted by atomic mass is 16.5. The minimum Gasteiger partial charge on any atom is -0.376 e. The summed E-state index contributed by atoms with van der Waals surface area (Å²) in [6.45, 7) is 2.92. The Hall–Kier alpha value is -0.940. The second-order valence-corrected chi connectivity index (χ2v) is 5.10. The average molecular weight is 238 g/mol. The average Bonchev–Trinajstić information content (AvgIpc) is 3.10. The molecule has 1 aliphatic carbocycles. The van der Waals surface area contributed by atoms with Crippen LogP contribution in [0.15, 0.2) is 0 Å². The molecular weight excluding hydrogens is 220 g/mol. The molecule has 5 nitrogen and oxygen atoms in total. The Morgan fingerprint density at radius 3 is 2.47 bits per heavy atom. The number of hydrogen-bond donors (Lipinski definition) is 1. The first kappa shape index (κ1) is 11.2. The van der Waals surface area contributed by atoms with E-state index in [2.05, 4.69) is 5.32 Å². The lowest BCUT2D eigenvalue weighted by Gasteiger charge is -2.24. The number of likely N-dealkylation sites (tertiary alicyclic amines) is 1. The summed E-state index contributed by atoms with van der Waals surface area (Å²) in [4.78, 5) is 24.7. The van der Waals surface area contributed by atoms with E-state index < -0.39 is 0 Å². The fraction of sp³-hybridized carbons (Fsp3) is 0.833. The molecule has 2 aliphatic heterocycles. The van der Waals surface area contributed by atoms with Gasteiger partial charge in [0.25, 0.3) is 0 Å². The van der Waals surface area contributed by atoms with Gasteiger partial charge in [0.05, 0.1) is 31.1 Å². The summed E-state index contributed by atoms with van der Waals surface area (Å²) in [5.41, 5.74) is 0. The Morgan fingerprint density at radius 1 is 1.18 bits per heavy atom. The second kappa shape index (κ2) is 4.38. The van der Waals surface area contributed by atoms with Crippen molar-refractivity contribution in [3.05, 3.63) is 0 Å². The van der Waals surface area contributed by atoms with Crippen LogP contribution in [0.1, 0.15) is 19.3 Å². The zero-order valence-electron chi connectivity index (χ0n) is 9.85. The van der Waals surface area contributed by atoms with Gasteiger partial charge in [-0.2, -0.15) is 0 Å². The van der Waals surface area contributed by atoms with Crippen LogP contribution < -0.4 is 5.32 Å². The Morgan fingerprint density at radius 2 is 1.82 bits per heavy atom. The van der Waals surface area contributed by atoms with Gasteiger partial charge in [0.2, 0.25) is 11.8 Å². The number of amides is 2. The van der Waals surface area contributed by atoms with E-state index in [1.54, 1.807) is 0 Å². The van der Waals surface area contributed by atoms with E-state index in [0.717, 1.165) is 32.4 Å². The van der Waals surface area contributed by atoms with E-state index in [1.165, 1.54) is 4.90 Å². The number of hydrogen-bond acceptors (Lipinski definition) is 4. The molecule has 3 fully saturated rings. The number of nitrogens with one attached hydrogen (secondary N) is 1. The fourth-order valence-corrected chi connectivity index (χ4v) is 2.74. The summed E-state index contributed by atoms with van der Waals surface area (Å²) < 4.78 is 5.71. The van der Waals surface area contributed by atoms with E-state index in [4.69, 9.17) is 4.74 Å². The molecule has 0 radical (unpaired) electrons. The molecule has 2 amide bonds. The Bertz CT molecular complexity index is 319. The molecule has 0 aromatic heterocycles. The van der Waals surface area contributed by atoms with Crippen molar-refractivity contribution in [2.75, 3.05) is 26.2 Å². The van der Waals surface area contributed by atoms with Gasteiger partial charge in [0, 0.05) is 0 Å². The van der Waals surface area contributed by atoms with Crippen LogP contribution in [0.3, 0.4) is 0 Å². The van der Waals surface area contributed by atoms with Gasteiger partial charge in [-0.1, -0.05) is 0 Å². The first-order valence-electron chi connectivity index (χ1n) is 6.45. The van der Waals surface area contributed by atoms with Crippen molar-refractivity contribution < 1.29 is 14.3 Å². The normalized spacial score (nSPS) is 33.1. The highest BCUT2D eigenvalue weighted by Crippen LogP contribution is 2.46. The van der Waals surface area contributed by atoms with Crippen LogP contribution >= 0.6 is 0 Å². The number of carbonyl (C=O) groups excluding carboxylic acids is 2. The summed E-state index contributed by atoms with van der Waals surface area (Å²) in [6, 6.07) is 0. The summed E-state index contributed by atoms with van der Waals surface area (Å²) >= 11 is 0. The molecule has 3 aliphatic rings. The van der Waals surface area contributed by atoms with E-state index in [0.29, 0.717) is 19.3 Å². The van der Waals surface area contributed by atoms with Crippen molar-refractivity contribution in [1.29, 1.82) is 0 Å². The molecule has 0 aromatic rings. The Labute approximate surface area is 100 Å². The van der Waals surface area contributed by atoms with Crippen LogP contribution in [0.4, 0.5) is 0 Å². The van der Waals surface area contributed by atoms with Crippen molar-refractivity contribution in [1.82, 2.24) is 10.2 Å². The number of rotatable bonds is 4. The highest BCUT2D eigenvalue weighted by Gasteiger charge is 2.58. The Kier molecular flexibility index (Phi) is 2.88. The predicted octanol–water partition coefficient (Wildman–Crippen LogP) is -0.240. The molecule has 2 unspecified atom stereocenters. The number of imide groups is 1. The van der Waals surface area contributed by atoms with Crippen LogP contribution in [0.2, 0.25) is 0 Å². The standard InChI is InChI=1S/C12H18N2O3/c15-11-9-7-10(9)12(16)14(11)5-6-17-8-1-3-13-4-2-8/h8-10,13H,1-7H2. The molecular formula is C12H18N2O3. The van der Waals surface area contributed by atoms with Gasteiger partial charge in [-0.05, 0) is 32.4 Å². The topological polar surface area (TPSA) is 58.6 Å². The SMILES string of the molecule is O=C1C2CC2C(=O)N1CCOC1CCNCC1. The van der Waals surface area contributed by atoms with Crippen molar-refractivity contribution in [3.63, 3.8) is 0 Å². The molecule has 3 rings (SSSR count). The molecule has 0 bridgehead atoms. The fourth-order valence-electron chi connectivity index (χ4n) is 2.74. The van der Waals surface area contributed by atoms with Crippen molar-refractivity contribution in [2.45, 2.75) is 25.4 Å². The van der Waals surface area contributed by atoms with E-state index >= 15 is 0 Å². The molecule has 1 N–H and O–H groups in total. The van der Waals surface area contributed by atoms with Gasteiger partial charge in [-0.25, -0.2) is 0 Å². The lowest BCUT2D eigenvalue weighted by atomic mass is 10.1. The highest BCUT2D eigenvalue weighted by molar-refractivity contribution is 6.08.